The number of phenolic OH excluding ortho intramolecular Hbond substituents is 1. The molecule has 134 valence electrons. The Hall–Kier alpha value is -3.67. The van der Waals surface area contributed by atoms with Crippen LogP contribution in [0.5, 0.6) is 11.5 Å². The second-order valence-corrected chi connectivity index (χ2v) is 6.16. The Bertz CT molecular complexity index is 1110. The van der Waals surface area contributed by atoms with Crippen LogP contribution in [0.3, 0.4) is 0 Å². The van der Waals surface area contributed by atoms with Gasteiger partial charge in [-0.3, -0.25) is 4.40 Å². The number of aryl methyl sites for hydroxylation is 1. The summed E-state index contributed by atoms with van der Waals surface area (Å²) in [4.78, 5) is 4.73. The lowest BCUT2D eigenvalue weighted by Gasteiger charge is -2.02. The van der Waals surface area contributed by atoms with E-state index in [-0.39, 0.29) is 5.75 Å². The highest BCUT2D eigenvalue weighted by Crippen LogP contribution is 2.33. The van der Waals surface area contributed by atoms with E-state index in [0.29, 0.717) is 11.5 Å². The summed E-state index contributed by atoms with van der Waals surface area (Å²) in [5, 5.41) is 18.2. The van der Waals surface area contributed by atoms with Gasteiger partial charge in [-0.15, -0.1) is 10.2 Å². The Balaban J connectivity index is 1.84. The highest BCUT2D eigenvalue weighted by Gasteiger charge is 2.14. The van der Waals surface area contributed by atoms with Crippen LogP contribution in [0.1, 0.15) is 5.56 Å². The van der Waals surface area contributed by atoms with Crippen molar-refractivity contribution in [1.29, 1.82) is 0 Å². The van der Waals surface area contributed by atoms with E-state index in [9.17, 15) is 5.11 Å². The molecule has 0 bridgehead atoms. The number of hydrogen-bond donors (Lipinski definition) is 1. The van der Waals surface area contributed by atoms with Gasteiger partial charge in [-0.1, -0.05) is 6.07 Å². The summed E-state index contributed by atoms with van der Waals surface area (Å²) in [5.41, 5.74) is 4.21. The van der Waals surface area contributed by atoms with Crippen LogP contribution in [-0.2, 0) is 0 Å². The van der Waals surface area contributed by atoms with Gasteiger partial charge in [0.1, 0.15) is 22.8 Å². The van der Waals surface area contributed by atoms with Crippen molar-refractivity contribution in [3.8, 4) is 22.8 Å². The van der Waals surface area contributed by atoms with Crippen LogP contribution in [0, 0.1) is 6.92 Å². The van der Waals surface area contributed by atoms with Gasteiger partial charge in [0.05, 0.1) is 12.8 Å². The second-order valence-electron chi connectivity index (χ2n) is 6.16. The molecule has 6 heteroatoms. The molecule has 0 fully saturated rings. The number of nitrogens with zero attached hydrogens (tertiary/aromatic N) is 4. The van der Waals surface area contributed by atoms with Crippen LogP contribution < -0.4 is 4.74 Å². The SMILES string of the molecule is COc1ccc(-c2nc3ccc(C)cn3c2N=Nc2ccc(O)cc2)cc1. The minimum absolute atomic E-state index is 0.193. The number of phenols is 1. The molecule has 0 spiro atoms. The fourth-order valence-electron chi connectivity index (χ4n) is 2.80. The molecule has 1 N–H and O–H groups in total. The predicted octanol–water partition coefficient (Wildman–Crippen LogP) is 5.44. The minimum Gasteiger partial charge on any atom is -0.508 e. The van der Waals surface area contributed by atoms with Crippen LogP contribution in [0.25, 0.3) is 16.9 Å². The first-order chi connectivity index (χ1) is 13.1. The molecule has 0 aliphatic heterocycles. The topological polar surface area (TPSA) is 71.5 Å². The monoisotopic (exact) mass is 358 g/mol. The summed E-state index contributed by atoms with van der Waals surface area (Å²) >= 11 is 0. The minimum atomic E-state index is 0.193. The Morgan fingerprint density at radius 2 is 1.67 bits per heavy atom. The summed E-state index contributed by atoms with van der Waals surface area (Å²) in [7, 11) is 1.64. The maximum absolute atomic E-state index is 9.42. The van der Waals surface area contributed by atoms with Crippen LogP contribution in [0.2, 0.25) is 0 Å². The lowest BCUT2D eigenvalue weighted by molar-refractivity contribution is 0.415. The predicted molar refractivity (Wildman–Crippen MR) is 104 cm³/mol. The van der Waals surface area contributed by atoms with Crippen LogP contribution in [0.4, 0.5) is 11.5 Å². The molecule has 0 amide bonds. The van der Waals surface area contributed by atoms with Gasteiger partial charge in [0.2, 0.25) is 0 Å². The molecule has 6 nitrogen and oxygen atoms in total. The van der Waals surface area contributed by atoms with Crippen LogP contribution in [0.15, 0.2) is 77.1 Å². The summed E-state index contributed by atoms with van der Waals surface area (Å²) < 4.78 is 7.17. The molecule has 0 saturated heterocycles. The molecule has 0 unspecified atom stereocenters. The Morgan fingerprint density at radius 3 is 2.37 bits per heavy atom. The van der Waals surface area contributed by atoms with E-state index in [2.05, 4.69) is 10.2 Å². The number of fused-ring (bicyclic) bond motifs is 1. The number of pyridine rings is 1. The van der Waals surface area contributed by atoms with Crippen molar-refractivity contribution in [2.45, 2.75) is 6.92 Å². The lowest BCUT2D eigenvalue weighted by atomic mass is 10.1. The van der Waals surface area contributed by atoms with Crippen LogP contribution >= 0.6 is 0 Å². The molecule has 0 saturated carbocycles. The molecule has 4 aromatic rings. The van der Waals surface area contributed by atoms with Gasteiger partial charge in [-0.25, -0.2) is 4.98 Å². The quantitative estimate of drug-likeness (QED) is 0.494. The molecule has 2 aromatic carbocycles. The van der Waals surface area contributed by atoms with Gasteiger partial charge in [-0.2, -0.15) is 0 Å². The normalized spacial score (nSPS) is 11.3. The van der Waals surface area contributed by atoms with Gasteiger partial charge in [-0.05, 0) is 67.1 Å². The smallest absolute Gasteiger partial charge is 0.187 e. The first-order valence-corrected chi connectivity index (χ1v) is 8.48. The number of aromatic hydroxyl groups is 1. The van der Waals surface area contributed by atoms with Crippen molar-refractivity contribution in [3.05, 3.63) is 72.4 Å². The van der Waals surface area contributed by atoms with E-state index in [1.165, 1.54) is 0 Å². The van der Waals surface area contributed by atoms with Gasteiger partial charge in [0, 0.05) is 11.8 Å². The Kier molecular flexibility index (Phi) is 4.30. The number of rotatable bonds is 4. The van der Waals surface area contributed by atoms with Crippen LogP contribution in [-0.4, -0.2) is 21.6 Å². The van der Waals surface area contributed by atoms with E-state index in [1.807, 2.05) is 53.9 Å². The number of azo groups is 1. The standard InChI is InChI=1S/C21H18N4O2/c1-14-3-12-19-22-20(15-4-10-18(27-2)11-5-15)21(25(19)13-14)24-23-16-6-8-17(26)9-7-16/h3-13,26H,1-2H3. The van der Waals surface area contributed by atoms with E-state index in [1.54, 1.807) is 31.4 Å². The average molecular weight is 358 g/mol. The number of ether oxygens (including phenoxy) is 1. The van der Waals surface area contributed by atoms with Crippen molar-refractivity contribution in [3.63, 3.8) is 0 Å². The second kappa shape index (κ2) is 6.92. The third-order valence-corrected chi connectivity index (χ3v) is 4.21. The molecular formula is C21H18N4O2. The average Bonchev–Trinajstić information content (AvgIpc) is 3.05. The molecule has 2 heterocycles. The number of aromatic nitrogens is 2. The van der Waals surface area contributed by atoms with E-state index >= 15 is 0 Å². The summed E-state index contributed by atoms with van der Waals surface area (Å²) in [6, 6.07) is 18.2. The van der Waals surface area contributed by atoms with E-state index < -0.39 is 0 Å². The fraction of sp³-hybridized carbons (Fsp3) is 0.0952. The maximum Gasteiger partial charge on any atom is 0.187 e. The Morgan fingerprint density at radius 1 is 0.926 bits per heavy atom. The lowest BCUT2D eigenvalue weighted by Crippen LogP contribution is -1.85. The first kappa shape index (κ1) is 16.8. The Labute approximate surface area is 156 Å². The summed E-state index contributed by atoms with van der Waals surface area (Å²) in [6.07, 6.45) is 1.99. The number of benzene rings is 2. The molecule has 27 heavy (non-hydrogen) atoms. The molecular weight excluding hydrogens is 340 g/mol. The molecule has 0 aliphatic rings. The maximum atomic E-state index is 9.42. The van der Waals surface area contributed by atoms with E-state index in [0.717, 1.165) is 28.2 Å². The molecule has 0 atom stereocenters. The summed E-state index contributed by atoms with van der Waals surface area (Å²) in [5.74, 6) is 1.62. The van der Waals surface area contributed by atoms with Gasteiger partial charge >= 0.3 is 0 Å². The number of imidazole rings is 1. The number of hydrogen-bond acceptors (Lipinski definition) is 5. The largest absolute Gasteiger partial charge is 0.508 e. The highest BCUT2D eigenvalue weighted by atomic mass is 16.5. The zero-order valence-corrected chi connectivity index (χ0v) is 15.0. The van der Waals surface area contributed by atoms with Crippen molar-refractivity contribution < 1.29 is 9.84 Å². The zero-order valence-electron chi connectivity index (χ0n) is 15.0. The van der Waals surface area contributed by atoms with Gasteiger partial charge in [0.15, 0.2) is 5.82 Å². The van der Waals surface area contributed by atoms with Crippen molar-refractivity contribution in [2.75, 3.05) is 7.11 Å². The highest BCUT2D eigenvalue weighted by molar-refractivity contribution is 5.75. The first-order valence-electron chi connectivity index (χ1n) is 8.48. The zero-order chi connectivity index (χ0) is 18.8. The third-order valence-electron chi connectivity index (χ3n) is 4.21. The van der Waals surface area contributed by atoms with E-state index in [4.69, 9.17) is 9.72 Å². The number of methoxy groups -OCH3 is 1. The summed E-state index contributed by atoms with van der Waals surface area (Å²) in [6.45, 7) is 2.02. The van der Waals surface area contributed by atoms with Gasteiger partial charge in [0.25, 0.3) is 0 Å². The molecule has 0 radical (unpaired) electrons. The molecule has 2 aromatic heterocycles. The fourth-order valence-corrected chi connectivity index (χ4v) is 2.80. The third kappa shape index (κ3) is 3.37. The van der Waals surface area contributed by atoms with Gasteiger partial charge < -0.3 is 9.84 Å². The molecule has 0 aliphatic carbocycles. The molecule has 4 rings (SSSR count). The van der Waals surface area contributed by atoms with Crippen molar-refractivity contribution >= 4 is 17.2 Å². The van der Waals surface area contributed by atoms with Crippen molar-refractivity contribution in [2.24, 2.45) is 10.2 Å². The van der Waals surface area contributed by atoms with Crippen molar-refractivity contribution in [1.82, 2.24) is 9.38 Å².